The second kappa shape index (κ2) is 5.25. The summed E-state index contributed by atoms with van der Waals surface area (Å²) in [5.74, 6) is -0.171. The van der Waals surface area contributed by atoms with Crippen LogP contribution in [0.25, 0.3) is 0 Å². The van der Waals surface area contributed by atoms with Gasteiger partial charge in [0.1, 0.15) is 5.82 Å². The van der Waals surface area contributed by atoms with Crippen LogP contribution in [0.5, 0.6) is 0 Å². The normalized spacial score (nSPS) is 15.2. The third kappa shape index (κ3) is 2.18. The number of nitrogens with zero attached hydrogens (tertiary/aromatic N) is 1. The van der Waals surface area contributed by atoms with Crippen molar-refractivity contribution in [1.82, 2.24) is 0 Å². The average Bonchev–Trinajstić information content (AvgIpc) is 2.88. The Morgan fingerprint density at radius 1 is 1.25 bits per heavy atom. The number of rotatable bonds is 3. The number of hydrogen-bond donors (Lipinski definition) is 1. The minimum atomic E-state index is -0.171. The molecule has 1 aliphatic heterocycles. The molecule has 0 spiro atoms. The number of benzene rings is 2. The van der Waals surface area contributed by atoms with Crippen molar-refractivity contribution in [2.24, 2.45) is 5.73 Å². The van der Waals surface area contributed by atoms with Crippen molar-refractivity contribution >= 4 is 5.69 Å². The molecular weight excluding hydrogens is 251 g/mol. The summed E-state index contributed by atoms with van der Waals surface area (Å²) in [4.78, 5) is 2.23. The van der Waals surface area contributed by atoms with Gasteiger partial charge in [0, 0.05) is 24.3 Å². The molecule has 0 bridgehead atoms. The smallest absolute Gasteiger partial charge is 0.128 e. The third-order valence-corrected chi connectivity index (χ3v) is 4.03. The number of anilines is 1. The Hall–Kier alpha value is -1.87. The summed E-state index contributed by atoms with van der Waals surface area (Å²) in [7, 11) is 0. The van der Waals surface area contributed by atoms with Crippen molar-refractivity contribution in [3.63, 3.8) is 0 Å². The summed E-state index contributed by atoms with van der Waals surface area (Å²) in [6.07, 6.45) is 1.00. The molecule has 3 heteroatoms. The maximum Gasteiger partial charge on any atom is 0.128 e. The van der Waals surface area contributed by atoms with Crippen molar-refractivity contribution in [2.45, 2.75) is 19.4 Å². The number of hydrogen-bond acceptors (Lipinski definition) is 2. The van der Waals surface area contributed by atoms with E-state index in [0.717, 1.165) is 18.5 Å². The van der Waals surface area contributed by atoms with Crippen molar-refractivity contribution in [3.8, 4) is 0 Å². The molecule has 1 heterocycles. The molecule has 2 aromatic carbocycles. The predicted octanol–water partition coefficient (Wildman–Crippen LogP) is 3.20. The van der Waals surface area contributed by atoms with Crippen molar-refractivity contribution in [1.29, 1.82) is 0 Å². The van der Waals surface area contributed by atoms with Crippen LogP contribution in [0, 0.1) is 12.7 Å². The molecule has 20 heavy (non-hydrogen) atoms. The number of fused-ring (bicyclic) bond motifs is 1. The van der Waals surface area contributed by atoms with Gasteiger partial charge in [0.15, 0.2) is 0 Å². The van der Waals surface area contributed by atoms with E-state index in [1.165, 1.54) is 17.3 Å². The fraction of sp³-hybridized carbons (Fsp3) is 0.294. The molecule has 2 nitrogen and oxygen atoms in total. The van der Waals surface area contributed by atoms with Gasteiger partial charge >= 0.3 is 0 Å². The zero-order valence-electron chi connectivity index (χ0n) is 11.6. The molecule has 0 saturated carbocycles. The first-order valence-corrected chi connectivity index (χ1v) is 7.01. The van der Waals surface area contributed by atoms with E-state index >= 15 is 0 Å². The monoisotopic (exact) mass is 270 g/mol. The quantitative estimate of drug-likeness (QED) is 0.928. The van der Waals surface area contributed by atoms with Gasteiger partial charge in [0.25, 0.3) is 0 Å². The molecule has 1 atom stereocenters. The lowest BCUT2D eigenvalue weighted by atomic mass is 10.0. The zero-order valence-corrected chi connectivity index (χ0v) is 11.6. The van der Waals surface area contributed by atoms with Gasteiger partial charge in [0.05, 0.1) is 6.04 Å². The number of aryl methyl sites for hydroxylation is 1. The maximum atomic E-state index is 14.2. The molecule has 0 amide bonds. The van der Waals surface area contributed by atoms with Crippen LogP contribution >= 0.6 is 0 Å². The van der Waals surface area contributed by atoms with Crippen LogP contribution in [-0.4, -0.2) is 13.1 Å². The summed E-state index contributed by atoms with van der Waals surface area (Å²) in [6.45, 7) is 3.29. The molecule has 3 rings (SSSR count). The topological polar surface area (TPSA) is 29.3 Å². The largest absolute Gasteiger partial charge is 0.363 e. The van der Waals surface area contributed by atoms with Gasteiger partial charge in [0.2, 0.25) is 0 Å². The molecule has 2 N–H and O–H groups in total. The second-order valence-electron chi connectivity index (χ2n) is 5.35. The minimum Gasteiger partial charge on any atom is -0.363 e. The zero-order chi connectivity index (χ0) is 14.1. The number of nitrogens with two attached hydrogens (primary N) is 1. The van der Waals surface area contributed by atoms with Gasteiger partial charge in [-0.05, 0) is 31.0 Å². The van der Waals surface area contributed by atoms with Crippen molar-refractivity contribution in [3.05, 3.63) is 65.0 Å². The van der Waals surface area contributed by atoms with Gasteiger partial charge in [-0.25, -0.2) is 4.39 Å². The lowest BCUT2D eigenvalue weighted by Gasteiger charge is -2.30. The van der Waals surface area contributed by atoms with E-state index in [4.69, 9.17) is 5.73 Å². The standard InChI is InChI=1S/C17H19FN2/c1-12-6-7-15(18)14(10-12)17(11-19)20-9-8-13-4-2-3-5-16(13)20/h2-7,10,17H,8-9,11,19H2,1H3. The van der Waals surface area contributed by atoms with Crippen LogP contribution in [0.4, 0.5) is 10.1 Å². The fourth-order valence-corrected chi connectivity index (χ4v) is 3.03. The van der Waals surface area contributed by atoms with E-state index < -0.39 is 0 Å². The molecule has 0 fully saturated rings. The molecule has 0 aromatic heterocycles. The summed E-state index contributed by atoms with van der Waals surface area (Å²) in [6, 6.07) is 13.4. The Morgan fingerprint density at radius 2 is 2.05 bits per heavy atom. The predicted molar refractivity (Wildman–Crippen MR) is 80.4 cm³/mol. The Bertz CT molecular complexity index is 624. The van der Waals surface area contributed by atoms with Gasteiger partial charge in [-0.15, -0.1) is 0 Å². The lowest BCUT2D eigenvalue weighted by molar-refractivity contribution is 0.564. The highest BCUT2D eigenvalue weighted by molar-refractivity contribution is 5.59. The lowest BCUT2D eigenvalue weighted by Crippen LogP contribution is -2.33. The first-order valence-electron chi connectivity index (χ1n) is 7.01. The van der Waals surface area contributed by atoms with Crippen LogP contribution in [0.2, 0.25) is 0 Å². The maximum absolute atomic E-state index is 14.2. The van der Waals surface area contributed by atoms with Crippen molar-refractivity contribution < 1.29 is 4.39 Å². The number of para-hydroxylation sites is 1. The SMILES string of the molecule is Cc1ccc(F)c(C(CN)N2CCc3ccccc32)c1. The molecule has 0 radical (unpaired) electrons. The molecular formula is C17H19FN2. The van der Waals surface area contributed by atoms with Crippen LogP contribution in [-0.2, 0) is 6.42 Å². The molecule has 104 valence electrons. The highest BCUT2D eigenvalue weighted by Gasteiger charge is 2.27. The minimum absolute atomic E-state index is 0.0986. The van der Waals surface area contributed by atoms with E-state index in [-0.39, 0.29) is 11.9 Å². The Kier molecular flexibility index (Phi) is 3.45. The summed E-state index contributed by atoms with van der Waals surface area (Å²) in [5, 5.41) is 0. The summed E-state index contributed by atoms with van der Waals surface area (Å²) in [5.41, 5.74) is 10.2. The molecule has 1 unspecified atom stereocenters. The van der Waals surface area contributed by atoms with Crippen LogP contribution < -0.4 is 10.6 Å². The summed E-state index contributed by atoms with van der Waals surface area (Å²) < 4.78 is 14.2. The Labute approximate surface area is 119 Å². The van der Waals surface area contributed by atoms with Gasteiger partial charge in [-0.3, -0.25) is 0 Å². The second-order valence-corrected chi connectivity index (χ2v) is 5.35. The van der Waals surface area contributed by atoms with Crippen LogP contribution in [0.15, 0.2) is 42.5 Å². The average molecular weight is 270 g/mol. The van der Waals surface area contributed by atoms with Gasteiger partial charge in [-0.1, -0.05) is 35.9 Å². The molecule has 0 saturated heterocycles. The van der Waals surface area contributed by atoms with E-state index in [0.29, 0.717) is 12.1 Å². The highest BCUT2D eigenvalue weighted by Crippen LogP contribution is 2.35. The Balaban J connectivity index is 2.01. The molecule has 0 aliphatic carbocycles. The number of halogens is 1. The van der Waals surface area contributed by atoms with Crippen LogP contribution in [0.3, 0.4) is 0 Å². The Morgan fingerprint density at radius 3 is 2.85 bits per heavy atom. The third-order valence-electron chi connectivity index (χ3n) is 4.03. The van der Waals surface area contributed by atoms with Crippen LogP contribution in [0.1, 0.15) is 22.7 Å². The first kappa shape index (κ1) is 13.1. The van der Waals surface area contributed by atoms with E-state index in [2.05, 4.69) is 17.0 Å². The highest BCUT2D eigenvalue weighted by atomic mass is 19.1. The molecule has 2 aromatic rings. The van der Waals surface area contributed by atoms with E-state index in [9.17, 15) is 4.39 Å². The van der Waals surface area contributed by atoms with E-state index in [1.807, 2.05) is 25.1 Å². The van der Waals surface area contributed by atoms with E-state index in [1.54, 1.807) is 6.07 Å². The first-order chi connectivity index (χ1) is 9.70. The van der Waals surface area contributed by atoms with Gasteiger partial charge in [-0.2, -0.15) is 0 Å². The molecule has 1 aliphatic rings. The summed E-state index contributed by atoms with van der Waals surface area (Å²) >= 11 is 0. The fourth-order valence-electron chi connectivity index (χ4n) is 3.03. The van der Waals surface area contributed by atoms with Crippen molar-refractivity contribution in [2.75, 3.05) is 18.0 Å². The van der Waals surface area contributed by atoms with Gasteiger partial charge < -0.3 is 10.6 Å².